The summed E-state index contributed by atoms with van der Waals surface area (Å²) in [5.41, 5.74) is 5.36. The second-order valence-electron chi connectivity index (χ2n) is 13.6. The molecule has 9 nitrogen and oxygen atoms in total. The van der Waals surface area contributed by atoms with Crippen molar-refractivity contribution in [3.63, 3.8) is 0 Å². The van der Waals surface area contributed by atoms with Crippen molar-refractivity contribution in [2.45, 2.75) is 46.0 Å². The zero-order valence-corrected chi connectivity index (χ0v) is 34.8. The van der Waals surface area contributed by atoms with Crippen LogP contribution >= 0.6 is 0 Å². The Hall–Kier alpha value is -6.46. The first-order valence-electron chi connectivity index (χ1n) is 20.2. The van der Waals surface area contributed by atoms with Crippen LogP contribution in [0.4, 0.5) is 0 Å². The maximum Gasteiger partial charge on any atom is 0.422 e. The number of aromatic nitrogens is 2. The van der Waals surface area contributed by atoms with Crippen LogP contribution in [0, 0.1) is 13.8 Å². The number of benzene rings is 5. The molecule has 0 atom stereocenters. The quantitative estimate of drug-likeness (QED) is 0.0430. The van der Waals surface area contributed by atoms with Gasteiger partial charge in [-0.2, -0.15) is 0 Å². The standard InChI is InChI=1S/C22H21BO3.2C14H16NO2/c24-23(25)26-18-10-17-22(19-11-4-1-5-12-19,20-13-6-2-7-14-20)21-15-8-3-9-16-21;2*1-3-16-15-11-7-6-10-14(15)17-13-9-5-4-8-12(13)2/h1-9,11-16H,10,17-18H2;2*4-11H,3H2,1-2H3/q-2;2*+1. The van der Waals surface area contributed by atoms with E-state index in [-0.39, 0.29) is 12.0 Å². The van der Waals surface area contributed by atoms with E-state index in [4.69, 9.17) is 23.8 Å². The lowest BCUT2D eigenvalue weighted by atomic mass is 9.67. The van der Waals surface area contributed by atoms with Crippen LogP contribution in [0.1, 0.15) is 54.5 Å². The molecule has 2 heterocycles. The Labute approximate surface area is 354 Å². The molecule has 308 valence electrons. The molecular weight excluding hydrogens is 751 g/mol. The van der Waals surface area contributed by atoms with Gasteiger partial charge in [-0.3, -0.25) is 9.68 Å². The van der Waals surface area contributed by atoms with Crippen LogP contribution < -0.4 is 38.7 Å². The minimum Gasteiger partial charge on any atom is -0.871 e. The van der Waals surface area contributed by atoms with Gasteiger partial charge in [-0.05, 0) is 92.6 Å². The monoisotopic (exact) mass is 804 g/mol. The maximum atomic E-state index is 10.7. The molecule has 0 bridgehead atoms. The van der Waals surface area contributed by atoms with Crippen molar-refractivity contribution in [2.24, 2.45) is 0 Å². The minimum absolute atomic E-state index is 0.159. The predicted molar refractivity (Wildman–Crippen MR) is 230 cm³/mol. The van der Waals surface area contributed by atoms with Crippen LogP contribution in [-0.2, 0) is 10.1 Å². The summed E-state index contributed by atoms with van der Waals surface area (Å²) in [6.45, 7) is 9.27. The number of hydrogen-bond donors (Lipinski definition) is 0. The molecule has 0 aliphatic heterocycles. The highest BCUT2D eigenvalue weighted by Gasteiger charge is 2.35. The molecule has 5 aromatic carbocycles. The van der Waals surface area contributed by atoms with Gasteiger partial charge in [0.1, 0.15) is 11.5 Å². The SMILES string of the molecule is CCO[n+]1ccccc1Oc1ccccc1C.CCO[n+]1ccccc1Oc1ccccc1C.[O-]B([O-])OCCCC(c1ccccc1)(c1ccccc1)c1ccccc1. The van der Waals surface area contributed by atoms with Gasteiger partial charge in [0.05, 0.1) is 19.5 Å². The van der Waals surface area contributed by atoms with Crippen molar-refractivity contribution in [3.05, 3.63) is 216 Å². The Balaban J connectivity index is 0.000000177. The molecule has 0 saturated carbocycles. The van der Waals surface area contributed by atoms with Crippen LogP contribution in [0.2, 0.25) is 0 Å². The normalized spacial score (nSPS) is 10.6. The molecule has 0 radical (unpaired) electrons. The Kier molecular flexibility index (Phi) is 17.7. The molecule has 0 fully saturated rings. The zero-order chi connectivity index (χ0) is 42.4. The lowest BCUT2D eigenvalue weighted by Crippen LogP contribution is -2.48. The molecule has 0 unspecified atom stereocenters. The van der Waals surface area contributed by atoms with Crippen LogP contribution in [0.15, 0.2) is 188 Å². The average molecular weight is 805 g/mol. The summed E-state index contributed by atoms with van der Waals surface area (Å²) in [5.74, 6) is 3.02. The van der Waals surface area contributed by atoms with E-state index in [0.29, 0.717) is 31.4 Å². The summed E-state index contributed by atoms with van der Waals surface area (Å²) in [7, 11) is -2.23. The third kappa shape index (κ3) is 12.8. The van der Waals surface area contributed by atoms with Crippen molar-refractivity contribution >= 4 is 7.32 Å². The number of hydrogen-bond acceptors (Lipinski definition) is 7. The van der Waals surface area contributed by atoms with Crippen molar-refractivity contribution in [2.75, 3.05) is 19.8 Å². The highest BCUT2D eigenvalue weighted by Crippen LogP contribution is 2.43. The van der Waals surface area contributed by atoms with E-state index in [0.717, 1.165) is 29.0 Å². The molecule has 60 heavy (non-hydrogen) atoms. The van der Waals surface area contributed by atoms with Gasteiger partial charge < -0.3 is 24.2 Å². The number of rotatable bonds is 16. The van der Waals surface area contributed by atoms with Gasteiger partial charge in [-0.25, -0.2) is 0 Å². The first-order chi connectivity index (χ1) is 29.3. The van der Waals surface area contributed by atoms with E-state index in [1.54, 1.807) is 9.46 Å². The number of aryl methyl sites for hydroxylation is 2. The summed E-state index contributed by atoms with van der Waals surface area (Å²) >= 11 is 0. The Morgan fingerprint density at radius 3 is 1.22 bits per heavy atom. The number of nitrogens with zero attached hydrogens (tertiary/aromatic N) is 2. The topological polar surface area (TPSA) is 100 Å². The smallest absolute Gasteiger partial charge is 0.422 e. The van der Waals surface area contributed by atoms with E-state index < -0.39 is 7.32 Å². The Morgan fingerprint density at radius 2 is 0.850 bits per heavy atom. The minimum atomic E-state index is -2.23. The molecule has 10 heteroatoms. The van der Waals surface area contributed by atoms with Gasteiger partial charge in [0.15, 0.2) is 13.2 Å². The summed E-state index contributed by atoms with van der Waals surface area (Å²) < 4.78 is 19.7. The number of ether oxygens (including phenoxy) is 2. The lowest BCUT2D eigenvalue weighted by Gasteiger charge is -2.37. The summed E-state index contributed by atoms with van der Waals surface area (Å²) in [4.78, 5) is 10.9. The van der Waals surface area contributed by atoms with Crippen LogP contribution in [-0.4, -0.2) is 27.1 Å². The molecule has 0 N–H and O–H groups in total. The van der Waals surface area contributed by atoms with E-state index in [1.165, 1.54) is 16.7 Å². The van der Waals surface area contributed by atoms with Crippen molar-refractivity contribution in [1.82, 2.24) is 0 Å². The van der Waals surface area contributed by atoms with Crippen molar-refractivity contribution < 1.29 is 43.3 Å². The molecule has 0 aliphatic carbocycles. The van der Waals surface area contributed by atoms with E-state index >= 15 is 0 Å². The molecule has 7 rings (SSSR count). The van der Waals surface area contributed by atoms with E-state index in [2.05, 4.69) is 36.4 Å². The number of pyridine rings is 2. The van der Waals surface area contributed by atoms with E-state index in [1.807, 2.05) is 180 Å². The largest absolute Gasteiger partial charge is 0.871 e. The molecule has 0 aliphatic rings. The second kappa shape index (κ2) is 23.8. The van der Waals surface area contributed by atoms with Crippen LogP contribution in [0.25, 0.3) is 0 Å². The third-order valence-electron chi connectivity index (χ3n) is 9.48. The number of para-hydroxylation sites is 2. The van der Waals surface area contributed by atoms with Crippen LogP contribution in [0.5, 0.6) is 23.3 Å². The van der Waals surface area contributed by atoms with Gasteiger partial charge in [0, 0.05) is 33.6 Å². The molecule has 0 amide bonds. The first kappa shape index (κ1) is 44.6. The third-order valence-corrected chi connectivity index (χ3v) is 9.48. The molecule has 7 aromatic rings. The Morgan fingerprint density at radius 1 is 0.483 bits per heavy atom. The fraction of sp³-hybridized carbons (Fsp3) is 0.200. The summed E-state index contributed by atoms with van der Waals surface area (Å²) in [6.07, 6.45) is 5.01. The van der Waals surface area contributed by atoms with Crippen molar-refractivity contribution in [1.29, 1.82) is 0 Å². The van der Waals surface area contributed by atoms with Gasteiger partial charge in [0.25, 0.3) is 0 Å². The van der Waals surface area contributed by atoms with Crippen LogP contribution in [0.3, 0.4) is 0 Å². The van der Waals surface area contributed by atoms with Gasteiger partial charge in [-0.15, -0.1) is 0 Å². The maximum absolute atomic E-state index is 10.7. The fourth-order valence-corrected chi connectivity index (χ4v) is 6.66. The molecule has 2 aromatic heterocycles. The molecule has 0 spiro atoms. The van der Waals surface area contributed by atoms with E-state index in [9.17, 15) is 10.0 Å². The summed E-state index contributed by atoms with van der Waals surface area (Å²) in [5, 5.41) is 21.4. The first-order valence-corrected chi connectivity index (χ1v) is 20.2. The van der Waals surface area contributed by atoms with Gasteiger partial charge in [0.2, 0.25) is 12.4 Å². The van der Waals surface area contributed by atoms with Gasteiger partial charge >= 0.3 is 11.8 Å². The summed E-state index contributed by atoms with van der Waals surface area (Å²) in [6, 6.07) is 58.2. The average Bonchev–Trinajstić information content (AvgIpc) is 3.28. The zero-order valence-electron chi connectivity index (χ0n) is 34.8. The lowest BCUT2D eigenvalue weighted by molar-refractivity contribution is -0.892. The molecule has 0 saturated heterocycles. The van der Waals surface area contributed by atoms with Gasteiger partial charge in [-0.1, -0.05) is 127 Å². The highest BCUT2D eigenvalue weighted by molar-refractivity contribution is 6.28. The predicted octanol–water partition coefficient (Wildman–Crippen LogP) is 7.57. The molecular formula is C50H53BN2O7. The Bertz CT molecular complexity index is 2090. The highest BCUT2D eigenvalue weighted by atomic mass is 16.7. The second-order valence-corrected chi connectivity index (χ2v) is 13.6. The van der Waals surface area contributed by atoms with Crippen molar-refractivity contribution in [3.8, 4) is 23.3 Å². The fourth-order valence-electron chi connectivity index (χ4n) is 6.66.